The Balaban J connectivity index is 2.04. The fourth-order valence-corrected chi connectivity index (χ4v) is 1.76. The fourth-order valence-electron chi connectivity index (χ4n) is 1.76. The Bertz CT molecular complexity index is 348. The van der Waals surface area contributed by atoms with E-state index in [-0.39, 0.29) is 6.10 Å². The maximum Gasteiger partial charge on any atom is 0.122 e. The molecule has 0 spiro atoms. The second-order valence-corrected chi connectivity index (χ2v) is 3.96. The number of aliphatic hydroxyl groups is 1. The highest BCUT2D eigenvalue weighted by molar-refractivity contribution is 5.59. The molecule has 0 aliphatic heterocycles. The van der Waals surface area contributed by atoms with E-state index >= 15 is 0 Å². The number of benzene rings is 1. The molecule has 0 saturated heterocycles. The van der Waals surface area contributed by atoms with Gasteiger partial charge in [-0.25, -0.2) is 0 Å². The third-order valence-corrected chi connectivity index (χ3v) is 2.65. The monoisotopic (exact) mass is 208 g/mol. The highest BCUT2D eigenvalue weighted by Gasteiger charge is 2.26. The van der Waals surface area contributed by atoms with Crippen LogP contribution >= 0.6 is 0 Å². The molecule has 4 N–H and O–H groups in total. The molecule has 0 amide bonds. The molecule has 1 aliphatic rings. The summed E-state index contributed by atoms with van der Waals surface area (Å²) in [6.07, 6.45) is 1.46. The first-order chi connectivity index (χ1) is 7.17. The molecule has 0 atom stereocenters. The molecule has 0 aromatic heterocycles. The van der Waals surface area contributed by atoms with Gasteiger partial charge in [0.25, 0.3) is 0 Å². The van der Waals surface area contributed by atoms with Crippen LogP contribution in [0.2, 0.25) is 0 Å². The van der Waals surface area contributed by atoms with Crippen LogP contribution in [-0.4, -0.2) is 24.4 Å². The number of nitrogen functional groups attached to an aromatic ring is 1. The van der Waals surface area contributed by atoms with Gasteiger partial charge in [-0.05, 0) is 18.9 Å². The highest BCUT2D eigenvalue weighted by atomic mass is 16.5. The van der Waals surface area contributed by atoms with Gasteiger partial charge < -0.3 is 20.9 Å². The number of anilines is 2. The summed E-state index contributed by atoms with van der Waals surface area (Å²) < 4.78 is 5.12. The molecular formula is C11H16N2O2. The lowest BCUT2D eigenvalue weighted by Crippen LogP contribution is -2.38. The van der Waals surface area contributed by atoms with E-state index in [9.17, 15) is 0 Å². The van der Waals surface area contributed by atoms with E-state index in [1.807, 2.05) is 12.1 Å². The van der Waals surface area contributed by atoms with Crippen molar-refractivity contribution in [3.8, 4) is 5.75 Å². The van der Waals surface area contributed by atoms with E-state index in [2.05, 4.69) is 5.32 Å². The summed E-state index contributed by atoms with van der Waals surface area (Å²) >= 11 is 0. The van der Waals surface area contributed by atoms with Gasteiger partial charge in [-0.2, -0.15) is 0 Å². The number of aliphatic hydroxyl groups excluding tert-OH is 1. The lowest BCUT2D eigenvalue weighted by atomic mass is 9.89. The van der Waals surface area contributed by atoms with Crippen molar-refractivity contribution in [2.24, 2.45) is 0 Å². The van der Waals surface area contributed by atoms with E-state index in [1.54, 1.807) is 13.2 Å². The van der Waals surface area contributed by atoms with E-state index in [4.69, 9.17) is 15.6 Å². The van der Waals surface area contributed by atoms with Crippen molar-refractivity contribution in [1.82, 2.24) is 0 Å². The number of rotatable bonds is 3. The summed E-state index contributed by atoms with van der Waals surface area (Å²) in [5.41, 5.74) is 7.35. The summed E-state index contributed by atoms with van der Waals surface area (Å²) in [4.78, 5) is 0. The molecule has 1 aliphatic carbocycles. The predicted octanol–water partition coefficient (Wildman–Crippen LogP) is 1.21. The van der Waals surface area contributed by atoms with Gasteiger partial charge in [0, 0.05) is 29.5 Å². The molecule has 4 heteroatoms. The van der Waals surface area contributed by atoms with Crippen LogP contribution in [0, 0.1) is 0 Å². The van der Waals surface area contributed by atoms with Crippen LogP contribution in [0.1, 0.15) is 12.8 Å². The largest absolute Gasteiger partial charge is 0.497 e. The van der Waals surface area contributed by atoms with Crippen molar-refractivity contribution in [2.45, 2.75) is 25.0 Å². The summed E-state index contributed by atoms with van der Waals surface area (Å²) in [6, 6.07) is 5.90. The topological polar surface area (TPSA) is 67.5 Å². The Morgan fingerprint density at radius 3 is 2.73 bits per heavy atom. The fraction of sp³-hybridized carbons (Fsp3) is 0.455. The van der Waals surface area contributed by atoms with E-state index in [0.29, 0.717) is 11.7 Å². The van der Waals surface area contributed by atoms with E-state index < -0.39 is 0 Å². The molecule has 1 saturated carbocycles. The molecule has 0 heterocycles. The van der Waals surface area contributed by atoms with Gasteiger partial charge in [0.15, 0.2) is 0 Å². The van der Waals surface area contributed by atoms with Crippen LogP contribution in [-0.2, 0) is 0 Å². The van der Waals surface area contributed by atoms with Crippen LogP contribution in [0.5, 0.6) is 5.75 Å². The molecule has 1 aromatic carbocycles. The average molecular weight is 208 g/mol. The normalized spacial score (nSPS) is 24.4. The summed E-state index contributed by atoms with van der Waals surface area (Å²) in [5, 5.41) is 12.5. The average Bonchev–Trinajstić information content (AvgIpc) is 2.14. The molecule has 82 valence electrons. The maximum absolute atomic E-state index is 9.16. The quantitative estimate of drug-likeness (QED) is 0.653. The zero-order valence-corrected chi connectivity index (χ0v) is 8.73. The highest BCUT2D eigenvalue weighted by Crippen LogP contribution is 2.27. The van der Waals surface area contributed by atoms with Gasteiger partial charge in [-0.15, -0.1) is 0 Å². The third-order valence-electron chi connectivity index (χ3n) is 2.65. The second-order valence-electron chi connectivity index (χ2n) is 3.96. The molecule has 0 unspecified atom stereocenters. The van der Waals surface area contributed by atoms with Gasteiger partial charge >= 0.3 is 0 Å². The Hall–Kier alpha value is -1.42. The van der Waals surface area contributed by atoms with Crippen LogP contribution in [0.3, 0.4) is 0 Å². The van der Waals surface area contributed by atoms with E-state index in [0.717, 1.165) is 24.3 Å². The Labute approximate surface area is 89.0 Å². The standard InChI is InChI=1S/C11H16N2O2/c1-15-11-3-7(12)2-8(6-11)13-9-4-10(14)5-9/h2-3,6,9-10,13-14H,4-5,12H2,1H3. The maximum atomic E-state index is 9.16. The number of nitrogens with one attached hydrogen (secondary N) is 1. The van der Waals surface area contributed by atoms with Gasteiger partial charge in [0.05, 0.1) is 13.2 Å². The van der Waals surface area contributed by atoms with Crippen molar-refractivity contribution in [2.75, 3.05) is 18.2 Å². The lowest BCUT2D eigenvalue weighted by Gasteiger charge is -2.32. The predicted molar refractivity (Wildman–Crippen MR) is 60.1 cm³/mol. The van der Waals surface area contributed by atoms with Crippen LogP contribution in [0.4, 0.5) is 11.4 Å². The summed E-state index contributed by atoms with van der Waals surface area (Å²) in [6.45, 7) is 0. The van der Waals surface area contributed by atoms with Crippen LogP contribution in [0.25, 0.3) is 0 Å². The zero-order valence-electron chi connectivity index (χ0n) is 8.73. The van der Waals surface area contributed by atoms with Crippen molar-refractivity contribution in [1.29, 1.82) is 0 Å². The van der Waals surface area contributed by atoms with Crippen molar-refractivity contribution >= 4 is 11.4 Å². The Morgan fingerprint density at radius 2 is 2.13 bits per heavy atom. The third kappa shape index (κ3) is 2.33. The molecule has 1 fully saturated rings. The number of methoxy groups -OCH3 is 1. The molecule has 15 heavy (non-hydrogen) atoms. The first-order valence-electron chi connectivity index (χ1n) is 5.06. The second kappa shape index (κ2) is 3.98. The zero-order chi connectivity index (χ0) is 10.8. The molecule has 1 aromatic rings. The van der Waals surface area contributed by atoms with Crippen LogP contribution in [0.15, 0.2) is 18.2 Å². The first kappa shape index (κ1) is 10.1. The molecular weight excluding hydrogens is 192 g/mol. The Morgan fingerprint density at radius 1 is 1.40 bits per heavy atom. The number of hydrogen-bond acceptors (Lipinski definition) is 4. The molecule has 4 nitrogen and oxygen atoms in total. The van der Waals surface area contributed by atoms with Gasteiger partial charge in [-0.1, -0.05) is 0 Å². The first-order valence-corrected chi connectivity index (χ1v) is 5.06. The molecule has 0 radical (unpaired) electrons. The number of hydrogen-bond donors (Lipinski definition) is 3. The summed E-state index contributed by atoms with van der Waals surface area (Å²) in [5.74, 6) is 0.748. The van der Waals surface area contributed by atoms with Crippen LogP contribution < -0.4 is 15.8 Å². The molecule has 0 bridgehead atoms. The lowest BCUT2D eigenvalue weighted by molar-refractivity contribution is 0.0836. The number of nitrogens with two attached hydrogens (primary N) is 1. The van der Waals surface area contributed by atoms with Crippen molar-refractivity contribution < 1.29 is 9.84 Å². The summed E-state index contributed by atoms with van der Waals surface area (Å²) in [7, 11) is 1.62. The van der Waals surface area contributed by atoms with Gasteiger partial charge in [0.1, 0.15) is 5.75 Å². The molecule has 2 rings (SSSR count). The van der Waals surface area contributed by atoms with Crippen molar-refractivity contribution in [3.05, 3.63) is 18.2 Å². The minimum atomic E-state index is -0.148. The van der Waals surface area contributed by atoms with Gasteiger partial charge in [-0.3, -0.25) is 0 Å². The minimum Gasteiger partial charge on any atom is -0.497 e. The van der Waals surface area contributed by atoms with E-state index in [1.165, 1.54) is 0 Å². The van der Waals surface area contributed by atoms with Crippen molar-refractivity contribution in [3.63, 3.8) is 0 Å². The smallest absolute Gasteiger partial charge is 0.122 e. The SMILES string of the molecule is COc1cc(N)cc(NC2CC(O)C2)c1. The Kier molecular flexibility index (Phi) is 2.68. The number of ether oxygens (including phenoxy) is 1. The minimum absolute atomic E-state index is 0.148. The van der Waals surface area contributed by atoms with Gasteiger partial charge in [0.2, 0.25) is 0 Å².